The molecule has 82 valence electrons. The highest BCUT2D eigenvalue weighted by Crippen LogP contribution is 2.18. The molecule has 0 heterocycles. The van der Waals surface area contributed by atoms with Gasteiger partial charge in [0.25, 0.3) is 0 Å². The molecule has 0 fully saturated rings. The lowest BCUT2D eigenvalue weighted by atomic mass is 9.93. The molecular weight excluding hydrogens is 196 g/mol. The van der Waals surface area contributed by atoms with E-state index in [1.165, 1.54) is 0 Å². The third kappa shape index (κ3) is 3.69. The third-order valence-electron chi connectivity index (χ3n) is 1.63. The first kappa shape index (κ1) is 12.8. The van der Waals surface area contributed by atoms with Gasteiger partial charge in [-0.1, -0.05) is 0 Å². The van der Waals surface area contributed by atoms with Gasteiger partial charge in [-0.3, -0.25) is 4.79 Å². The molecule has 0 radical (unpaired) electrons. The van der Waals surface area contributed by atoms with Crippen LogP contribution >= 0.6 is 0 Å². The van der Waals surface area contributed by atoms with Gasteiger partial charge in [0.15, 0.2) is 5.60 Å². The maximum Gasteiger partial charge on any atom is 0.336 e. The molecule has 0 rings (SSSR count). The van der Waals surface area contributed by atoms with Crippen LogP contribution in [0.25, 0.3) is 0 Å². The van der Waals surface area contributed by atoms with Gasteiger partial charge in [-0.15, -0.1) is 0 Å². The number of carboxylic acid groups (broad SMARTS) is 2. The molecule has 2 atom stereocenters. The molecule has 0 aromatic rings. The summed E-state index contributed by atoms with van der Waals surface area (Å²) in [5, 5.41) is 43.4. The first-order valence-electron chi connectivity index (χ1n) is 3.78. The van der Waals surface area contributed by atoms with Crippen LogP contribution in [-0.2, 0) is 9.59 Å². The first-order chi connectivity index (χ1) is 6.31. The minimum absolute atomic E-state index is 0.731. The topological polar surface area (TPSA) is 135 Å². The predicted octanol–water partition coefficient (Wildman–Crippen LogP) is -1.98. The molecule has 7 nitrogen and oxygen atoms in total. The summed E-state index contributed by atoms with van der Waals surface area (Å²) in [5.74, 6) is -3.24. The standard InChI is InChI=1S/C7H12O7/c8-3-4(9)1-7(14,6(12)13)2-5(10)11/h4,8-9,14H,1-3H2,(H,10,11)(H,12,13). The van der Waals surface area contributed by atoms with E-state index in [-0.39, 0.29) is 0 Å². The Balaban J connectivity index is 4.55. The highest BCUT2D eigenvalue weighted by Gasteiger charge is 2.40. The Bertz CT molecular complexity index is 226. The summed E-state index contributed by atoms with van der Waals surface area (Å²) < 4.78 is 0. The fourth-order valence-corrected chi connectivity index (χ4v) is 0.940. The zero-order valence-electron chi connectivity index (χ0n) is 7.25. The Morgan fingerprint density at radius 2 is 1.79 bits per heavy atom. The molecule has 0 spiro atoms. The SMILES string of the molecule is O=C(O)CC(O)(CC(O)CO)C(=O)O. The number of carbonyl (C=O) groups is 2. The zero-order chi connectivity index (χ0) is 11.4. The normalized spacial score (nSPS) is 17.1. The van der Waals surface area contributed by atoms with Gasteiger partial charge in [-0.25, -0.2) is 4.79 Å². The van der Waals surface area contributed by atoms with E-state index < -0.39 is 43.1 Å². The van der Waals surface area contributed by atoms with Gasteiger partial charge in [0.2, 0.25) is 0 Å². The average Bonchev–Trinajstić information content (AvgIpc) is 2.02. The van der Waals surface area contributed by atoms with Crippen LogP contribution in [-0.4, -0.2) is 55.8 Å². The second kappa shape index (κ2) is 4.89. The number of aliphatic carboxylic acids is 2. The summed E-state index contributed by atoms with van der Waals surface area (Å²) in [4.78, 5) is 20.7. The number of rotatable bonds is 6. The fourth-order valence-electron chi connectivity index (χ4n) is 0.940. The average molecular weight is 208 g/mol. The van der Waals surface area contributed by atoms with Crippen LogP contribution < -0.4 is 0 Å². The van der Waals surface area contributed by atoms with Gasteiger partial charge < -0.3 is 25.5 Å². The predicted molar refractivity (Wildman–Crippen MR) is 42.5 cm³/mol. The number of aliphatic hydroxyl groups excluding tert-OH is 2. The van der Waals surface area contributed by atoms with Crippen molar-refractivity contribution in [2.24, 2.45) is 0 Å². The molecule has 0 saturated carbocycles. The first-order valence-corrected chi connectivity index (χ1v) is 3.78. The van der Waals surface area contributed by atoms with Crippen molar-refractivity contribution >= 4 is 11.9 Å². The lowest BCUT2D eigenvalue weighted by molar-refractivity contribution is -0.169. The van der Waals surface area contributed by atoms with Crippen molar-refractivity contribution in [3.05, 3.63) is 0 Å². The number of aliphatic hydroxyl groups is 3. The molecule has 0 aromatic heterocycles. The van der Waals surface area contributed by atoms with Gasteiger partial charge in [-0.05, 0) is 0 Å². The Morgan fingerprint density at radius 1 is 1.29 bits per heavy atom. The summed E-state index contributed by atoms with van der Waals surface area (Å²) in [6, 6.07) is 0. The number of hydrogen-bond donors (Lipinski definition) is 5. The van der Waals surface area contributed by atoms with Crippen molar-refractivity contribution in [2.75, 3.05) is 6.61 Å². The van der Waals surface area contributed by atoms with E-state index in [9.17, 15) is 14.7 Å². The monoisotopic (exact) mass is 208 g/mol. The largest absolute Gasteiger partial charge is 0.481 e. The summed E-state index contributed by atoms with van der Waals surface area (Å²) in [6.07, 6.45) is -3.22. The quantitative estimate of drug-likeness (QED) is 0.341. The molecule has 0 aliphatic heterocycles. The number of hydrogen-bond acceptors (Lipinski definition) is 5. The van der Waals surface area contributed by atoms with Crippen LogP contribution in [0, 0.1) is 0 Å². The summed E-state index contributed by atoms with van der Waals surface area (Å²) >= 11 is 0. The van der Waals surface area contributed by atoms with Gasteiger partial charge in [-0.2, -0.15) is 0 Å². The Kier molecular flexibility index (Phi) is 4.48. The van der Waals surface area contributed by atoms with Crippen LogP contribution in [0.2, 0.25) is 0 Å². The highest BCUT2D eigenvalue weighted by atomic mass is 16.4. The van der Waals surface area contributed by atoms with Crippen LogP contribution in [0.4, 0.5) is 0 Å². The lowest BCUT2D eigenvalue weighted by Gasteiger charge is -2.23. The molecule has 14 heavy (non-hydrogen) atoms. The van der Waals surface area contributed by atoms with Crippen LogP contribution in [0.3, 0.4) is 0 Å². The Hall–Kier alpha value is -1.18. The Labute approximate surface area is 79.2 Å². The molecule has 0 amide bonds. The van der Waals surface area contributed by atoms with Crippen molar-refractivity contribution in [1.82, 2.24) is 0 Å². The maximum absolute atomic E-state index is 10.5. The molecular formula is C7H12O7. The Morgan fingerprint density at radius 3 is 2.07 bits per heavy atom. The molecule has 0 aliphatic rings. The van der Waals surface area contributed by atoms with Crippen LogP contribution in [0.15, 0.2) is 0 Å². The molecule has 2 unspecified atom stereocenters. The van der Waals surface area contributed by atoms with E-state index in [0.717, 1.165) is 0 Å². The van der Waals surface area contributed by atoms with Gasteiger partial charge in [0.1, 0.15) is 0 Å². The number of carboxylic acids is 2. The van der Waals surface area contributed by atoms with E-state index in [2.05, 4.69) is 0 Å². The van der Waals surface area contributed by atoms with E-state index in [4.69, 9.17) is 20.4 Å². The van der Waals surface area contributed by atoms with Crippen molar-refractivity contribution < 1.29 is 35.1 Å². The van der Waals surface area contributed by atoms with Crippen LogP contribution in [0.1, 0.15) is 12.8 Å². The van der Waals surface area contributed by atoms with Crippen LogP contribution in [0.5, 0.6) is 0 Å². The third-order valence-corrected chi connectivity index (χ3v) is 1.63. The van der Waals surface area contributed by atoms with E-state index in [0.29, 0.717) is 0 Å². The highest BCUT2D eigenvalue weighted by molar-refractivity contribution is 5.83. The van der Waals surface area contributed by atoms with Crippen molar-refractivity contribution in [3.63, 3.8) is 0 Å². The second-order valence-corrected chi connectivity index (χ2v) is 2.95. The molecule has 0 aliphatic carbocycles. The molecule has 0 bridgehead atoms. The van der Waals surface area contributed by atoms with E-state index in [1.54, 1.807) is 0 Å². The minimum Gasteiger partial charge on any atom is -0.481 e. The van der Waals surface area contributed by atoms with Gasteiger partial charge in [0, 0.05) is 6.42 Å². The molecule has 7 heteroatoms. The van der Waals surface area contributed by atoms with E-state index >= 15 is 0 Å². The lowest BCUT2D eigenvalue weighted by Crippen LogP contribution is -2.44. The maximum atomic E-state index is 10.5. The molecule has 0 aromatic carbocycles. The zero-order valence-corrected chi connectivity index (χ0v) is 7.25. The summed E-state index contributed by atoms with van der Waals surface area (Å²) in [7, 11) is 0. The van der Waals surface area contributed by atoms with Gasteiger partial charge in [0.05, 0.1) is 19.1 Å². The molecule has 5 N–H and O–H groups in total. The minimum atomic E-state index is -2.55. The molecule has 0 saturated heterocycles. The van der Waals surface area contributed by atoms with Crippen molar-refractivity contribution in [3.8, 4) is 0 Å². The van der Waals surface area contributed by atoms with Crippen molar-refractivity contribution in [1.29, 1.82) is 0 Å². The van der Waals surface area contributed by atoms with Gasteiger partial charge >= 0.3 is 11.9 Å². The second-order valence-electron chi connectivity index (χ2n) is 2.95. The summed E-state index contributed by atoms with van der Waals surface area (Å²) in [5.41, 5.74) is -2.55. The fraction of sp³-hybridized carbons (Fsp3) is 0.714. The van der Waals surface area contributed by atoms with E-state index in [1.807, 2.05) is 0 Å². The van der Waals surface area contributed by atoms with Crippen molar-refractivity contribution in [2.45, 2.75) is 24.5 Å². The smallest absolute Gasteiger partial charge is 0.336 e. The summed E-state index contributed by atoms with van der Waals surface area (Å²) in [6.45, 7) is -0.741.